The Kier molecular flexibility index (Phi) is 6.57. The lowest BCUT2D eigenvalue weighted by atomic mass is 10.1. The molecule has 0 aliphatic rings. The van der Waals surface area contributed by atoms with Crippen LogP contribution in [0.1, 0.15) is 30.9 Å². The van der Waals surface area contributed by atoms with E-state index < -0.39 is 0 Å². The fourth-order valence-corrected chi connectivity index (χ4v) is 2.58. The Morgan fingerprint density at radius 2 is 1.86 bits per heavy atom. The van der Waals surface area contributed by atoms with E-state index in [-0.39, 0.29) is 5.97 Å². The Balaban J connectivity index is 1.55. The maximum Gasteiger partial charge on any atom is 0.330 e. The number of carbonyl (C=O) groups excluding carboxylic acids is 1. The normalized spacial score (nSPS) is 10.9. The molecule has 1 heterocycles. The van der Waals surface area contributed by atoms with Gasteiger partial charge in [-0.1, -0.05) is 48.5 Å². The molecule has 0 saturated carbocycles. The van der Waals surface area contributed by atoms with E-state index in [4.69, 9.17) is 9.26 Å². The van der Waals surface area contributed by atoms with E-state index in [1.54, 1.807) is 13.0 Å². The highest BCUT2D eigenvalue weighted by Crippen LogP contribution is 2.18. The molecule has 0 fully saturated rings. The van der Waals surface area contributed by atoms with E-state index in [0.717, 1.165) is 23.2 Å². The van der Waals surface area contributed by atoms with Crippen LogP contribution < -0.4 is 5.32 Å². The molecule has 144 valence electrons. The summed E-state index contributed by atoms with van der Waals surface area (Å²) < 4.78 is 10.2. The lowest BCUT2D eigenvalue weighted by molar-refractivity contribution is -0.137. The minimum Gasteiger partial charge on any atom is -0.463 e. The number of aromatic nitrogens is 2. The molecule has 28 heavy (non-hydrogen) atoms. The molecule has 6 nitrogen and oxygen atoms in total. The first-order valence-electron chi connectivity index (χ1n) is 9.28. The van der Waals surface area contributed by atoms with E-state index in [2.05, 4.69) is 34.5 Å². The smallest absolute Gasteiger partial charge is 0.330 e. The quantitative estimate of drug-likeness (QED) is 0.460. The Bertz CT molecular complexity index is 928. The SMILES string of the molecule is CCOC(=O)/C=C/c1ccc(NCc2nc(-c3ccc(CC)cc3)no2)cc1. The van der Waals surface area contributed by atoms with Crippen molar-refractivity contribution in [3.05, 3.63) is 71.6 Å². The summed E-state index contributed by atoms with van der Waals surface area (Å²) in [5, 5.41) is 7.29. The van der Waals surface area contributed by atoms with Crippen molar-refractivity contribution in [3.63, 3.8) is 0 Å². The largest absolute Gasteiger partial charge is 0.463 e. The van der Waals surface area contributed by atoms with Crippen molar-refractivity contribution in [2.24, 2.45) is 0 Å². The number of anilines is 1. The summed E-state index contributed by atoms with van der Waals surface area (Å²) >= 11 is 0. The summed E-state index contributed by atoms with van der Waals surface area (Å²) in [6, 6.07) is 15.8. The third-order valence-electron chi connectivity index (χ3n) is 4.14. The first-order chi connectivity index (χ1) is 13.7. The number of hydrogen-bond donors (Lipinski definition) is 1. The zero-order valence-corrected chi connectivity index (χ0v) is 16.0. The Labute approximate surface area is 164 Å². The van der Waals surface area contributed by atoms with Crippen molar-refractivity contribution in [3.8, 4) is 11.4 Å². The maximum atomic E-state index is 11.3. The summed E-state index contributed by atoms with van der Waals surface area (Å²) in [4.78, 5) is 15.8. The predicted molar refractivity (Wildman–Crippen MR) is 109 cm³/mol. The molecule has 2 aromatic carbocycles. The van der Waals surface area contributed by atoms with Crippen LogP contribution in [0.15, 0.2) is 59.1 Å². The van der Waals surface area contributed by atoms with Crippen LogP contribution in [0.25, 0.3) is 17.5 Å². The standard InChI is InChI=1S/C22H23N3O3/c1-3-16-5-10-18(11-6-16)22-24-20(28-25-22)15-23-19-12-7-17(8-13-19)9-14-21(26)27-4-2/h5-14,23H,3-4,15H2,1-2H3/b14-9+. The molecule has 0 saturated heterocycles. The van der Waals surface area contributed by atoms with Crippen molar-refractivity contribution in [1.29, 1.82) is 0 Å². The molecular weight excluding hydrogens is 354 g/mol. The average molecular weight is 377 g/mol. The van der Waals surface area contributed by atoms with Gasteiger partial charge in [-0.05, 0) is 42.7 Å². The van der Waals surface area contributed by atoms with Gasteiger partial charge in [0, 0.05) is 17.3 Å². The highest BCUT2D eigenvalue weighted by Gasteiger charge is 2.08. The minimum atomic E-state index is -0.346. The van der Waals surface area contributed by atoms with Gasteiger partial charge in [0.2, 0.25) is 11.7 Å². The highest BCUT2D eigenvalue weighted by molar-refractivity contribution is 5.87. The van der Waals surface area contributed by atoms with Crippen LogP contribution in [0.2, 0.25) is 0 Å². The van der Waals surface area contributed by atoms with Crippen LogP contribution in [-0.4, -0.2) is 22.7 Å². The zero-order chi connectivity index (χ0) is 19.8. The topological polar surface area (TPSA) is 77.2 Å². The summed E-state index contributed by atoms with van der Waals surface area (Å²) in [6.07, 6.45) is 4.13. The summed E-state index contributed by atoms with van der Waals surface area (Å²) in [6.45, 7) is 4.70. The molecule has 0 atom stereocenters. The van der Waals surface area contributed by atoms with E-state index in [1.807, 2.05) is 36.4 Å². The first-order valence-corrected chi connectivity index (χ1v) is 9.28. The van der Waals surface area contributed by atoms with Gasteiger partial charge in [-0.15, -0.1) is 0 Å². The average Bonchev–Trinajstić information content (AvgIpc) is 3.21. The minimum absolute atomic E-state index is 0.346. The van der Waals surface area contributed by atoms with Crippen molar-refractivity contribution >= 4 is 17.7 Å². The number of nitrogens with one attached hydrogen (secondary N) is 1. The Morgan fingerprint density at radius 1 is 1.11 bits per heavy atom. The molecule has 0 aliphatic carbocycles. The predicted octanol–water partition coefficient (Wildman–Crippen LogP) is 4.49. The fourth-order valence-electron chi connectivity index (χ4n) is 2.58. The number of benzene rings is 2. The van der Waals surface area contributed by atoms with E-state index in [9.17, 15) is 4.79 Å². The van der Waals surface area contributed by atoms with E-state index in [1.165, 1.54) is 11.6 Å². The van der Waals surface area contributed by atoms with Gasteiger partial charge in [0.05, 0.1) is 13.2 Å². The van der Waals surface area contributed by atoms with Crippen LogP contribution >= 0.6 is 0 Å². The second-order valence-corrected chi connectivity index (χ2v) is 6.12. The highest BCUT2D eigenvalue weighted by atomic mass is 16.5. The van der Waals surface area contributed by atoms with Gasteiger partial charge in [-0.2, -0.15) is 4.98 Å². The number of ether oxygens (including phenoxy) is 1. The van der Waals surface area contributed by atoms with E-state index >= 15 is 0 Å². The number of esters is 1. The van der Waals surface area contributed by atoms with Gasteiger partial charge < -0.3 is 14.6 Å². The molecule has 0 aliphatic heterocycles. The third-order valence-corrected chi connectivity index (χ3v) is 4.14. The molecule has 3 aromatic rings. The summed E-state index contributed by atoms with van der Waals surface area (Å²) in [5.41, 5.74) is 4.04. The van der Waals surface area contributed by atoms with Crippen LogP contribution in [-0.2, 0) is 22.5 Å². The van der Waals surface area contributed by atoms with Gasteiger partial charge in [-0.3, -0.25) is 0 Å². The third kappa shape index (κ3) is 5.30. The van der Waals surface area contributed by atoms with Crippen molar-refractivity contribution in [1.82, 2.24) is 10.1 Å². The van der Waals surface area contributed by atoms with Crippen molar-refractivity contribution in [2.75, 3.05) is 11.9 Å². The van der Waals surface area contributed by atoms with Gasteiger partial charge in [0.1, 0.15) is 0 Å². The van der Waals surface area contributed by atoms with Crippen LogP contribution in [0, 0.1) is 0 Å². The van der Waals surface area contributed by atoms with Gasteiger partial charge in [0.25, 0.3) is 0 Å². The van der Waals surface area contributed by atoms with Crippen LogP contribution in [0.3, 0.4) is 0 Å². The number of aryl methyl sites for hydroxylation is 1. The molecule has 0 amide bonds. The molecule has 0 bridgehead atoms. The summed E-state index contributed by atoms with van der Waals surface area (Å²) in [7, 11) is 0. The molecule has 1 aromatic heterocycles. The van der Waals surface area contributed by atoms with Crippen LogP contribution in [0.4, 0.5) is 5.69 Å². The number of hydrogen-bond acceptors (Lipinski definition) is 6. The Hall–Kier alpha value is -3.41. The Morgan fingerprint density at radius 3 is 2.54 bits per heavy atom. The first kappa shape index (κ1) is 19.4. The van der Waals surface area contributed by atoms with Crippen molar-refractivity contribution < 1.29 is 14.1 Å². The molecule has 0 unspecified atom stereocenters. The fraction of sp³-hybridized carbons (Fsp3) is 0.227. The molecule has 3 rings (SSSR count). The molecule has 1 N–H and O–H groups in total. The maximum absolute atomic E-state index is 11.3. The van der Waals surface area contributed by atoms with Crippen LogP contribution in [0.5, 0.6) is 0 Å². The second-order valence-electron chi connectivity index (χ2n) is 6.12. The van der Waals surface area contributed by atoms with E-state index in [0.29, 0.717) is 24.9 Å². The van der Waals surface area contributed by atoms with Gasteiger partial charge in [-0.25, -0.2) is 4.79 Å². The van der Waals surface area contributed by atoms with Gasteiger partial charge >= 0.3 is 5.97 Å². The lowest BCUT2D eigenvalue weighted by Crippen LogP contribution is -2.00. The number of nitrogens with zero attached hydrogens (tertiary/aromatic N) is 2. The molecule has 0 radical (unpaired) electrons. The van der Waals surface area contributed by atoms with Gasteiger partial charge in [0.15, 0.2) is 0 Å². The van der Waals surface area contributed by atoms with Crippen molar-refractivity contribution in [2.45, 2.75) is 26.8 Å². The number of rotatable bonds is 8. The molecule has 6 heteroatoms. The zero-order valence-electron chi connectivity index (χ0n) is 16.0. The molecule has 0 spiro atoms. The molecular formula is C22H23N3O3. The monoisotopic (exact) mass is 377 g/mol. The number of carbonyl (C=O) groups is 1. The second kappa shape index (κ2) is 9.50. The lowest BCUT2D eigenvalue weighted by Gasteiger charge is -2.03. The summed E-state index contributed by atoms with van der Waals surface area (Å²) in [5.74, 6) is 0.751.